The van der Waals surface area contributed by atoms with Gasteiger partial charge in [0.1, 0.15) is 0 Å². The van der Waals surface area contributed by atoms with Gasteiger partial charge in [0, 0.05) is 6.04 Å². The van der Waals surface area contributed by atoms with Gasteiger partial charge in [-0.25, -0.2) is 0 Å². The largest absolute Gasteiger partial charge is 0.389 e. The van der Waals surface area contributed by atoms with Crippen LogP contribution in [-0.2, 0) is 4.74 Å². The first-order valence-electron chi connectivity index (χ1n) is 5.61. The molecule has 14 heavy (non-hydrogen) atoms. The molecule has 0 aromatic carbocycles. The fourth-order valence-electron chi connectivity index (χ4n) is 1.73. The van der Waals surface area contributed by atoms with Gasteiger partial charge in [-0.1, -0.05) is 13.8 Å². The van der Waals surface area contributed by atoms with E-state index in [2.05, 4.69) is 26.1 Å². The first kappa shape index (κ1) is 12.0. The molecular formula is C11H23NO2. The van der Waals surface area contributed by atoms with Gasteiger partial charge in [-0.3, -0.25) is 0 Å². The molecular weight excluding hydrogens is 178 g/mol. The Bertz CT molecular complexity index is 161. The summed E-state index contributed by atoms with van der Waals surface area (Å²) >= 11 is 0. The van der Waals surface area contributed by atoms with Crippen molar-refractivity contribution in [1.29, 1.82) is 0 Å². The summed E-state index contributed by atoms with van der Waals surface area (Å²) in [4.78, 5) is 0. The summed E-state index contributed by atoms with van der Waals surface area (Å²) in [5.41, 5.74) is 0. The van der Waals surface area contributed by atoms with Gasteiger partial charge >= 0.3 is 0 Å². The Labute approximate surface area is 86.8 Å². The van der Waals surface area contributed by atoms with E-state index < -0.39 is 0 Å². The highest BCUT2D eigenvalue weighted by atomic mass is 16.5. The van der Waals surface area contributed by atoms with Crippen molar-refractivity contribution in [1.82, 2.24) is 5.32 Å². The smallest absolute Gasteiger partial charge is 0.0948 e. The molecule has 0 aromatic rings. The molecule has 1 heterocycles. The van der Waals surface area contributed by atoms with Crippen LogP contribution in [0.25, 0.3) is 0 Å². The van der Waals surface area contributed by atoms with E-state index in [4.69, 9.17) is 4.74 Å². The number of nitrogens with one attached hydrogen (secondary N) is 1. The first-order chi connectivity index (χ1) is 6.59. The van der Waals surface area contributed by atoms with E-state index >= 15 is 0 Å². The van der Waals surface area contributed by atoms with Crippen LogP contribution < -0.4 is 5.32 Å². The van der Waals surface area contributed by atoms with Crippen molar-refractivity contribution in [2.45, 2.75) is 51.8 Å². The van der Waals surface area contributed by atoms with Crippen LogP contribution in [0.3, 0.4) is 0 Å². The molecule has 1 fully saturated rings. The van der Waals surface area contributed by atoms with Crippen molar-refractivity contribution in [3.63, 3.8) is 0 Å². The highest BCUT2D eigenvalue weighted by Crippen LogP contribution is 2.10. The van der Waals surface area contributed by atoms with E-state index in [9.17, 15) is 5.11 Å². The fourth-order valence-corrected chi connectivity index (χ4v) is 1.73. The summed E-state index contributed by atoms with van der Waals surface area (Å²) in [6, 6.07) is 0.607. The Kier molecular flexibility index (Phi) is 4.85. The second kappa shape index (κ2) is 5.69. The van der Waals surface area contributed by atoms with E-state index in [0.717, 1.165) is 5.92 Å². The van der Waals surface area contributed by atoms with Gasteiger partial charge in [0.15, 0.2) is 0 Å². The molecule has 0 bridgehead atoms. The van der Waals surface area contributed by atoms with Crippen LogP contribution in [0.4, 0.5) is 0 Å². The molecule has 3 heteroatoms. The van der Waals surface area contributed by atoms with Crippen molar-refractivity contribution in [3.8, 4) is 0 Å². The molecule has 3 atom stereocenters. The summed E-state index contributed by atoms with van der Waals surface area (Å²) in [7, 11) is 0. The van der Waals surface area contributed by atoms with Crippen LogP contribution in [-0.4, -0.2) is 36.5 Å². The predicted octanol–water partition coefficient (Wildman–Crippen LogP) is 1.16. The molecule has 3 nitrogen and oxygen atoms in total. The quantitative estimate of drug-likeness (QED) is 0.701. The number of aliphatic hydroxyl groups is 1. The molecule has 0 spiro atoms. The zero-order valence-corrected chi connectivity index (χ0v) is 9.49. The lowest BCUT2D eigenvalue weighted by Gasteiger charge is -2.21. The van der Waals surface area contributed by atoms with Crippen molar-refractivity contribution in [2.24, 2.45) is 5.92 Å². The summed E-state index contributed by atoms with van der Waals surface area (Å²) in [6.07, 6.45) is 2.08. The zero-order chi connectivity index (χ0) is 10.6. The van der Waals surface area contributed by atoms with Crippen molar-refractivity contribution < 1.29 is 9.84 Å². The monoisotopic (exact) mass is 201 g/mol. The molecule has 0 amide bonds. The van der Waals surface area contributed by atoms with E-state index in [0.29, 0.717) is 19.3 Å². The van der Waals surface area contributed by atoms with Gasteiger partial charge < -0.3 is 15.2 Å². The lowest BCUT2D eigenvalue weighted by molar-refractivity contribution is 0.121. The molecule has 0 aromatic heterocycles. The highest BCUT2D eigenvalue weighted by molar-refractivity contribution is 4.82. The molecule has 1 rings (SSSR count). The minimum Gasteiger partial charge on any atom is -0.389 e. The van der Waals surface area contributed by atoms with Crippen LogP contribution in [0.2, 0.25) is 0 Å². The number of hydrogen-bond acceptors (Lipinski definition) is 3. The second-order valence-electron chi connectivity index (χ2n) is 4.75. The molecule has 1 saturated heterocycles. The van der Waals surface area contributed by atoms with E-state index in [1.54, 1.807) is 0 Å². The lowest BCUT2D eigenvalue weighted by Crippen LogP contribution is -2.43. The van der Waals surface area contributed by atoms with Gasteiger partial charge in [-0.15, -0.1) is 0 Å². The van der Waals surface area contributed by atoms with Crippen LogP contribution in [0, 0.1) is 5.92 Å². The number of ether oxygens (including phenoxy) is 1. The molecule has 1 aliphatic rings. The standard InChI is InChI=1S/C11H23NO2/c1-8(2)4-5-9(3)12-10-6-14-7-11(10)13/h8-13H,4-7H2,1-3H3. The van der Waals surface area contributed by atoms with E-state index in [-0.39, 0.29) is 12.1 Å². The van der Waals surface area contributed by atoms with E-state index in [1.807, 2.05) is 0 Å². The summed E-state index contributed by atoms with van der Waals surface area (Å²) in [5.74, 6) is 0.754. The summed E-state index contributed by atoms with van der Waals surface area (Å²) in [6.45, 7) is 7.77. The minimum absolute atomic E-state index is 0.136. The van der Waals surface area contributed by atoms with Gasteiger partial charge in [0.05, 0.1) is 25.4 Å². The number of aliphatic hydroxyl groups excluding tert-OH is 1. The highest BCUT2D eigenvalue weighted by Gasteiger charge is 2.26. The van der Waals surface area contributed by atoms with Crippen molar-refractivity contribution in [3.05, 3.63) is 0 Å². The Balaban J connectivity index is 2.16. The maximum atomic E-state index is 9.53. The number of rotatable bonds is 5. The van der Waals surface area contributed by atoms with Gasteiger partial charge in [0.25, 0.3) is 0 Å². The van der Waals surface area contributed by atoms with Crippen molar-refractivity contribution >= 4 is 0 Å². The van der Waals surface area contributed by atoms with Crippen LogP contribution in [0.15, 0.2) is 0 Å². The summed E-state index contributed by atoms with van der Waals surface area (Å²) in [5, 5.41) is 12.9. The third kappa shape index (κ3) is 3.95. The Morgan fingerprint density at radius 2 is 2.00 bits per heavy atom. The maximum Gasteiger partial charge on any atom is 0.0948 e. The van der Waals surface area contributed by atoms with Crippen molar-refractivity contribution in [2.75, 3.05) is 13.2 Å². The third-order valence-electron chi connectivity index (χ3n) is 2.73. The fraction of sp³-hybridized carbons (Fsp3) is 1.00. The third-order valence-corrected chi connectivity index (χ3v) is 2.73. The van der Waals surface area contributed by atoms with E-state index in [1.165, 1.54) is 12.8 Å². The molecule has 84 valence electrons. The first-order valence-corrected chi connectivity index (χ1v) is 5.61. The lowest BCUT2D eigenvalue weighted by atomic mass is 10.0. The average Bonchev–Trinajstić information content (AvgIpc) is 2.49. The molecule has 3 unspecified atom stereocenters. The molecule has 0 radical (unpaired) electrons. The topological polar surface area (TPSA) is 41.5 Å². The van der Waals surface area contributed by atoms with Gasteiger partial charge in [-0.05, 0) is 25.7 Å². The average molecular weight is 201 g/mol. The van der Waals surface area contributed by atoms with Crippen LogP contribution in [0.5, 0.6) is 0 Å². The SMILES string of the molecule is CC(C)CCC(C)NC1COCC1O. The maximum absolute atomic E-state index is 9.53. The normalized spacial score (nSPS) is 29.8. The van der Waals surface area contributed by atoms with Crippen LogP contribution in [0.1, 0.15) is 33.6 Å². The Morgan fingerprint density at radius 1 is 1.29 bits per heavy atom. The molecule has 0 aliphatic carbocycles. The Hall–Kier alpha value is -0.120. The molecule has 2 N–H and O–H groups in total. The number of hydrogen-bond donors (Lipinski definition) is 2. The minimum atomic E-state index is -0.323. The Morgan fingerprint density at radius 3 is 2.50 bits per heavy atom. The van der Waals surface area contributed by atoms with Gasteiger partial charge in [-0.2, -0.15) is 0 Å². The summed E-state index contributed by atoms with van der Waals surface area (Å²) < 4.78 is 5.18. The second-order valence-corrected chi connectivity index (χ2v) is 4.75. The van der Waals surface area contributed by atoms with Crippen LogP contribution >= 0.6 is 0 Å². The molecule has 0 saturated carbocycles. The van der Waals surface area contributed by atoms with Gasteiger partial charge in [0.2, 0.25) is 0 Å². The molecule has 1 aliphatic heterocycles. The zero-order valence-electron chi connectivity index (χ0n) is 9.49. The predicted molar refractivity (Wildman–Crippen MR) is 57.3 cm³/mol.